The lowest BCUT2D eigenvalue weighted by atomic mass is 10.1. The van der Waals surface area contributed by atoms with Crippen molar-refractivity contribution in [3.63, 3.8) is 0 Å². The van der Waals surface area contributed by atoms with Gasteiger partial charge in [-0.25, -0.2) is 9.38 Å². The highest BCUT2D eigenvalue weighted by molar-refractivity contribution is 6.38. The largest absolute Gasteiger partial charge is 0.338 e. The minimum atomic E-state index is -0.816. The average molecular weight is 480 g/mol. The first-order valence-electron chi connectivity index (χ1n) is 12.0. The fourth-order valence-electron chi connectivity index (χ4n) is 4.27. The Kier molecular flexibility index (Phi) is 7.53. The van der Waals surface area contributed by atoms with E-state index in [2.05, 4.69) is 10.3 Å². The summed E-state index contributed by atoms with van der Waals surface area (Å²) < 4.78 is 15.4. The summed E-state index contributed by atoms with van der Waals surface area (Å²) >= 11 is 0. The van der Waals surface area contributed by atoms with Gasteiger partial charge in [-0.1, -0.05) is 18.2 Å². The zero-order valence-electron chi connectivity index (χ0n) is 19.8. The number of fused-ring (bicyclic) bond motifs is 1. The normalized spacial score (nSPS) is 17.8. The zero-order chi connectivity index (χ0) is 24.9. The summed E-state index contributed by atoms with van der Waals surface area (Å²) in [6.45, 7) is 0.694. The van der Waals surface area contributed by atoms with E-state index < -0.39 is 17.8 Å². The number of anilines is 1. The molecule has 1 aromatic carbocycles. The fourth-order valence-corrected chi connectivity index (χ4v) is 4.27. The number of nitrogens with zero attached hydrogens (tertiary/aromatic N) is 3. The molecule has 0 saturated heterocycles. The Labute approximate surface area is 203 Å². The van der Waals surface area contributed by atoms with Crippen LogP contribution in [0.5, 0.6) is 0 Å². The Hall–Kier alpha value is -3.62. The van der Waals surface area contributed by atoms with Gasteiger partial charge in [0, 0.05) is 32.1 Å². The topological polar surface area (TPSA) is 108 Å². The highest BCUT2D eigenvalue weighted by Crippen LogP contribution is 2.31. The monoisotopic (exact) mass is 479 g/mol. The van der Waals surface area contributed by atoms with Gasteiger partial charge in [-0.3, -0.25) is 19.8 Å². The number of carbonyl (C=O) groups is 2. The minimum absolute atomic E-state index is 0.135. The van der Waals surface area contributed by atoms with Gasteiger partial charge in [0.1, 0.15) is 11.9 Å². The van der Waals surface area contributed by atoms with Gasteiger partial charge in [-0.05, 0) is 68.1 Å². The molecule has 2 aromatic rings. The minimum Gasteiger partial charge on any atom is -0.338 e. The standard InChI is InChI=1S/C26H30FN5O3/c1-31-22-14-23(33)32(15-17-9-10-17)16-19(22)11-12-21(26(31)35)30-25(34)24(28)29-13-5-4-7-18-6-2-3-8-20(18)27/h2-3,6,8,13-14,16-17,21,28H,4-5,7,9-12,15H2,1H3,(H,30,34)/t21-/m0/s1. The number of rotatable bonds is 7. The van der Waals surface area contributed by atoms with Gasteiger partial charge < -0.3 is 14.8 Å². The number of amides is 2. The fraction of sp³-hybridized carbons (Fsp3) is 0.423. The molecule has 0 bridgehead atoms. The zero-order valence-corrected chi connectivity index (χ0v) is 19.8. The summed E-state index contributed by atoms with van der Waals surface area (Å²) in [5, 5.41) is 10.6. The summed E-state index contributed by atoms with van der Waals surface area (Å²) in [6, 6.07) is 7.24. The van der Waals surface area contributed by atoms with Crippen molar-refractivity contribution >= 4 is 29.6 Å². The van der Waals surface area contributed by atoms with Crippen molar-refractivity contribution in [1.29, 1.82) is 5.41 Å². The van der Waals surface area contributed by atoms with Crippen molar-refractivity contribution in [2.75, 3.05) is 11.9 Å². The summed E-state index contributed by atoms with van der Waals surface area (Å²) in [5.74, 6) is -1.26. The maximum Gasteiger partial charge on any atom is 0.289 e. The number of pyridine rings is 1. The van der Waals surface area contributed by atoms with E-state index in [1.165, 1.54) is 23.2 Å². The molecule has 1 fully saturated rings. The summed E-state index contributed by atoms with van der Waals surface area (Å²) in [7, 11) is 1.59. The third kappa shape index (κ3) is 6.09. The van der Waals surface area contributed by atoms with Crippen LogP contribution in [0.4, 0.5) is 10.1 Å². The van der Waals surface area contributed by atoms with E-state index in [4.69, 9.17) is 5.41 Å². The molecule has 0 radical (unpaired) electrons. The number of aliphatic imine (C=N–C) groups is 1. The Bertz CT molecular complexity index is 1220. The van der Waals surface area contributed by atoms with Crippen molar-refractivity contribution in [2.24, 2.45) is 10.9 Å². The van der Waals surface area contributed by atoms with E-state index >= 15 is 0 Å². The Morgan fingerprint density at radius 3 is 2.77 bits per heavy atom. The first-order valence-corrected chi connectivity index (χ1v) is 12.0. The molecule has 0 unspecified atom stereocenters. The molecule has 1 aliphatic heterocycles. The number of aryl methyl sites for hydroxylation is 2. The molecular weight excluding hydrogens is 449 g/mol. The van der Waals surface area contributed by atoms with Crippen LogP contribution in [0.15, 0.2) is 46.3 Å². The quantitative estimate of drug-likeness (QED) is 0.362. The molecule has 1 atom stereocenters. The molecule has 1 aromatic heterocycles. The maximum atomic E-state index is 13.7. The Balaban J connectivity index is 1.31. The van der Waals surface area contributed by atoms with Crippen LogP contribution in [0.1, 0.15) is 43.2 Å². The van der Waals surface area contributed by atoms with Gasteiger partial charge in [0.25, 0.3) is 11.5 Å². The van der Waals surface area contributed by atoms with Crippen LogP contribution in [0.2, 0.25) is 0 Å². The number of benzene rings is 1. The number of carbonyl (C=O) groups excluding carboxylic acids is 2. The lowest BCUT2D eigenvalue weighted by Gasteiger charge is -2.22. The molecule has 8 nitrogen and oxygen atoms in total. The van der Waals surface area contributed by atoms with E-state index in [0.29, 0.717) is 55.8 Å². The third-order valence-corrected chi connectivity index (χ3v) is 6.51. The van der Waals surface area contributed by atoms with Crippen LogP contribution >= 0.6 is 0 Å². The number of aromatic nitrogens is 1. The number of hydrogen-bond acceptors (Lipinski definition) is 4. The molecule has 2 N–H and O–H groups in total. The van der Waals surface area contributed by atoms with E-state index in [1.54, 1.807) is 29.8 Å². The van der Waals surface area contributed by atoms with Gasteiger partial charge in [0.2, 0.25) is 11.7 Å². The van der Waals surface area contributed by atoms with Gasteiger partial charge in [-0.15, -0.1) is 0 Å². The van der Waals surface area contributed by atoms with Crippen molar-refractivity contribution in [1.82, 2.24) is 9.88 Å². The maximum absolute atomic E-state index is 13.7. The molecule has 1 aliphatic carbocycles. The van der Waals surface area contributed by atoms with E-state index in [1.807, 2.05) is 6.20 Å². The van der Waals surface area contributed by atoms with Crippen LogP contribution in [0.3, 0.4) is 0 Å². The second-order valence-corrected chi connectivity index (χ2v) is 9.22. The summed E-state index contributed by atoms with van der Waals surface area (Å²) in [4.78, 5) is 43.3. The predicted molar refractivity (Wildman–Crippen MR) is 133 cm³/mol. The predicted octanol–water partition coefficient (Wildman–Crippen LogP) is 2.86. The van der Waals surface area contributed by atoms with Crippen LogP contribution in [-0.4, -0.2) is 41.5 Å². The third-order valence-electron chi connectivity index (χ3n) is 6.51. The number of hydrogen-bond donors (Lipinski definition) is 2. The summed E-state index contributed by atoms with van der Waals surface area (Å²) in [6.07, 6.45) is 8.11. The van der Waals surface area contributed by atoms with E-state index in [9.17, 15) is 18.8 Å². The molecule has 184 valence electrons. The number of likely N-dealkylation sites (N-methyl/N-ethyl adjacent to an activating group) is 1. The molecule has 4 rings (SSSR count). The molecule has 35 heavy (non-hydrogen) atoms. The van der Waals surface area contributed by atoms with Crippen molar-refractivity contribution in [3.05, 3.63) is 63.8 Å². The molecule has 9 heteroatoms. The van der Waals surface area contributed by atoms with Gasteiger partial charge in [-0.2, -0.15) is 0 Å². The Morgan fingerprint density at radius 2 is 2.03 bits per heavy atom. The average Bonchev–Trinajstić information content (AvgIpc) is 3.67. The first kappa shape index (κ1) is 24.5. The van der Waals surface area contributed by atoms with Crippen molar-refractivity contribution < 1.29 is 14.0 Å². The Morgan fingerprint density at radius 1 is 1.26 bits per heavy atom. The molecule has 2 heterocycles. The van der Waals surface area contributed by atoms with Crippen LogP contribution in [0.25, 0.3) is 0 Å². The van der Waals surface area contributed by atoms with Gasteiger partial charge in [0.05, 0.1) is 5.69 Å². The lowest BCUT2D eigenvalue weighted by Crippen LogP contribution is -2.48. The molecular formula is C26H30FN5O3. The van der Waals surface area contributed by atoms with Gasteiger partial charge in [0.15, 0.2) is 0 Å². The van der Waals surface area contributed by atoms with Crippen molar-refractivity contribution in [3.8, 4) is 0 Å². The van der Waals surface area contributed by atoms with Crippen molar-refractivity contribution in [2.45, 2.75) is 57.5 Å². The van der Waals surface area contributed by atoms with E-state index in [0.717, 1.165) is 18.4 Å². The molecule has 1 saturated carbocycles. The smallest absolute Gasteiger partial charge is 0.289 e. The van der Waals surface area contributed by atoms with Gasteiger partial charge >= 0.3 is 0 Å². The molecule has 2 aliphatic rings. The molecule has 2 amide bonds. The first-order chi connectivity index (χ1) is 16.8. The SMILES string of the molecule is CN1C(=O)[C@@H](NC(=O)C(=N)N=CCCCc2ccccc2F)CCc2cn(CC3CC3)c(=O)cc21. The molecule has 0 spiro atoms. The highest BCUT2D eigenvalue weighted by atomic mass is 19.1. The van der Waals surface area contributed by atoms with Crippen LogP contribution < -0.4 is 15.8 Å². The second kappa shape index (κ2) is 10.8. The number of amidine groups is 1. The lowest BCUT2D eigenvalue weighted by molar-refractivity contribution is -0.124. The number of nitrogens with one attached hydrogen (secondary N) is 2. The summed E-state index contributed by atoms with van der Waals surface area (Å²) in [5.41, 5.74) is 1.93. The second-order valence-electron chi connectivity index (χ2n) is 9.22. The number of unbranched alkanes of at least 4 members (excludes halogenated alkanes) is 1. The number of halogens is 1. The van der Waals surface area contributed by atoms with Crippen LogP contribution in [0, 0.1) is 17.1 Å². The highest BCUT2D eigenvalue weighted by Gasteiger charge is 2.31. The van der Waals surface area contributed by atoms with E-state index in [-0.39, 0.29) is 17.3 Å². The van der Waals surface area contributed by atoms with Crippen LogP contribution in [-0.2, 0) is 29.0 Å².